The maximum Gasteiger partial charge on any atom is 0.223 e. The smallest absolute Gasteiger partial charge is 0.223 e. The fourth-order valence-corrected chi connectivity index (χ4v) is 3.58. The Balaban J connectivity index is 1.78. The van der Waals surface area contributed by atoms with E-state index in [0.717, 1.165) is 22.4 Å². The fraction of sp³-hybridized carbons (Fsp3) is 0.273. The third-order valence-electron chi connectivity index (χ3n) is 4.02. The van der Waals surface area contributed by atoms with Gasteiger partial charge in [-0.15, -0.1) is 0 Å². The minimum absolute atomic E-state index is 0.393. The van der Waals surface area contributed by atoms with Crippen LogP contribution in [0.25, 0.3) is 0 Å². The van der Waals surface area contributed by atoms with Gasteiger partial charge in [-0.05, 0) is 37.0 Å². The van der Waals surface area contributed by atoms with Gasteiger partial charge in [-0.2, -0.15) is 4.98 Å². The first kappa shape index (κ1) is 18.5. The molecule has 134 valence electrons. The van der Waals surface area contributed by atoms with E-state index in [2.05, 4.69) is 61.1 Å². The number of aryl methyl sites for hydroxylation is 2. The van der Waals surface area contributed by atoms with Gasteiger partial charge in [0.15, 0.2) is 5.16 Å². The second-order valence-corrected chi connectivity index (χ2v) is 7.64. The maximum atomic E-state index is 6.10. The van der Waals surface area contributed by atoms with Crippen LogP contribution in [0.5, 0.6) is 11.6 Å². The largest absolute Gasteiger partial charge is 0.439 e. The normalized spacial score (nSPS) is 11.0. The highest BCUT2D eigenvalue weighted by Gasteiger charge is 2.10. The van der Waals surface area contributed by atoms with Crippen molar-refractivity contribution < 1.29 is 4.74 Å². The summed E-state index contributed by atoms with van der Waals surface area (Å²) < 4.78 is 6.10. The summed E-state index contributed by atoms with van der Waals surface area (Å²) in [6.45, 7) is 8.40. The first-order valence-corrected chi connectivity index (χ1v) is 9.80. The summed E-state index contributed by atoms with van der Waals surface area (Å²) in [4.78, 5) is 9.14. The molecule has 0 unspecified atom stereocenters. The summed E-state index contributed by atoms with van der Waals surface area (Å²) in [5.41, 5.74) is 4.62. The van der Waals surface area contributed by atoms with E-state index in [1.807, 2.05) is 31.2 Å². The monoisotopic (exact) mass is 364 g/mol. The SMILES string of the molecule is Cc1cccc(CSc2nc(C)cc(Oc3ccccc3C(C)C)n2)c1. The summed E-state index contributed by atoms with van der Waals surface area (Å²) in [6, 6.07) is 18.5. The van der Waals surface area contributed by atoms with Crippen molar-refractivity contribution in [1.82, 2.24) is 9.97 Å². The van der Waals surface area contributed by atoms with Gasteiger partial charge in [0.2, 0.25) is 5.88 Å². The average Bonchev–Trinajstić information content (AvgIpc) is 2.60. The van der Waals surface area contributed by atoms with E-state index >= 15 is 0 Å². The molecule has 3 nitrogen and oxygen atoms in total. The van der Waals surface area contributed by atoms with Crippen LogP contribution >= 0.6 is 11.8 Å². The molecule has 0 N–H and O–H groups in total. The lowest BCUT2D eigenvalue weighted by atomic mass is 10.0. The van der Waals surface area contributed by atoms with Crippen molar-refractivity contribution >= 4 is 11.8 Å². The Morgan fingerprint density at radius 1 is 0.962 bits per heavy atom. The van der Waals surface area contributed by atoms with E-state index in [9.17, 15) is 0 Å². The second kappa shape index (κ2) is 8.37. The van der Waals surface area contributed by atoms with Crippen molar-refractivity contribution in [1.29, 1.82) is 0 Å². The summed E-state index contributed by atoms with van der Waals surface area (Å²) >= 11 is 1.63. The van der Waals surface area contributed by atoms with Crippen molar-refractivity contribution in [2.24, 2.45) is 0 Å². The molecule has 3 aromatic rings. The summed E-state index contributed by atoms with van der Waals surface area (Å²) in [6.07, 6.45) is 0. The zero-order valence-corrected chi connectivity index (χ0v) is 16.5. The Morgan fingerprint density at radius 3 is 2.54 bits per heavy atom. The minimum Gasteiger partial charge on any atom is -0.439 e. The standard InChI is InChI=1S/C22H24N2OS/c1-15(2)19-10-5-6-11-20(19)25-21-13-17(4)23-22(24-21)26-14-18-9-7-8-16(3)12-18/h5-13,15H,14H2,1-4H3. The summed E-state index contributed by atoms with van der Waals surface area (Å²) in [5.74, 6) is 2.68. The molecule has 0 saturated heterocycles. The summed E-state index contributed by atoms with van der Waals surface area (Å²) in [5, 5.41) is 0.739. The van der Waals surface area contributed by atoms with Gasteiger partial charge in [0.05, 0.1) is 0 Å². The Morgan fingerprint density at radius 2 is 1.77 bits per heavy atom. The number of rotatable bonds is 6. The Bertz CT molecular complexity index is 893. The molecule has 0 aliphatic rings. The van der Waals surface area contributed by atoms with Gasteiger partial charge in [-0.1, -0.05) is 73.6 Å². The van der Waals surface area contributed by atoms with E-state index in [0.29, 0.717) is 11.8 Å². The van der Waals surface area contributed by atoms with Crippen LogP contribution in [-0.4, -0.2) is 9.97 Å². The Kier molecular flexibility index (Phi) is 5.94. The highest BCUT2D eigenvalue weighted by atomic mass is 32.2. The van der Waals surface area contributed by atoms with Gasteiger partial charge in [0.25, 0.3) is 0 Å². The van der Waals surface area contributed by atoms with Crippen LogP contribution in [-0.2, 0) is 5.75 Å². The molecule has 1 heterocycles. The lowest BCUT2D eigenvalue weighted by Crippen LogP contribution is -1.98. The van der Waals surface area contributed by atoms with E-state index in [1.165, 1.54) is 16.7 Å². The van der Waals surface area contributed by atoms with E-state index in [1.54, 1.807) is 11.8 Å². The van der Waals surface area contributed by atoms with Crippen LogP contribution in [0.1, 0.15) is 42.1 Å². The minimum atomic E-state index is 0.393. The van der Waals surface area contributed by atoms with Crippen LogP contribution in [0.15, 0.2) is 59.8 Å². The van der Waals surface area contributed by atoms with Gasteiger partial charge in [-0.25, -0.2) is 4.98 Å². The lowest BCUT2D eigenvalue weighted by Gasteiger charge is -2.13. The molecule has 0 amide bonds. The Hall–Kier alpha value is -2.33. The van der Waals surface area contributed by atoms with Crippen LogP contribution in [0.2, 0.25) is 0 Å². The molecule has 0 spiro atoms. The van der Waals surface area contributed by atoms with E-state index < -0.39 is 0 Å². The molecule has 0 aliphatic carbocycles. The molecule has 0 fully saturated rings. The number of thioether (sulfide) groups is 1. The molecule has 26 heavy (non-hydrogen) atoms. The topological polar surface area (TPSA) is 35.0 Å². The van der Waals surface area contributed by atoms with Gasteiger partial charge in [0, 0.05) is 17.5 Å². The first-order valence-electron chi connectivity index (χ1n) is 8.82. The molecular formula is C22H24N2OS. The third-order valence-corrected chi connectivity index (χ3v) is 4.93. The highest BCUT2D eigenvalue weighted by molar-refractivity contribution is 7.98. The number of aromatic nitrogens is 2. The van der Waals surface area contributed by atoms with Crippen LogP contribution < -0.4 is 4.74 Å². The molecule has 0 aliphatic heterocycles. The van der Waals surface area contributed by atoms with E-state index in [4.69, 9.17) is 4.74 Å². The predicted molar refractivity (Wildman–Crippen MR) is 108 cm³/mol. The molecule has 0 saturated carbocycles. The summed E-state index contributed by atoms with van der Waals surface area (Å²) in [7, 11) is 0. The van der Waals surface area contributed by atoms with E-state index in [-0.39, 0.29) is 0 Å². The number of hydrogen-bond acceptors (Lipinski definition) is 4. The third kappa shape index (κ3) is 4.85. The quantitative estimate of drug-likeness (QED) is 0.380. The van der Waals surface area contributed by atoms with Gasteiger partial charge >= 0.3 is 0 Å². The van der Waals surface area contributed by atoms with Gasteiger partial charge < -0.3 is 4.74 Å². The molecule has 2 aromatic carbocycles. The first-order chi connectivity index (χ1) is 12.5. The highest BCUT2D eigenvalue weighted by Crippen LogP contribution is 2.30. The maximum absolute atomic E-state index is 6.10. The number of benzene rings is 2. The van der Waals surface area contributed by atoms with Gasteiger partial charge in [0.1, 0.15) is 5.75 Å². The van der Waals surface area contributed by atoms with Crippen LogP contribution in [0, 0.1) is 13.8 Å². The number of nitrogens with zero attached hydrogens (tertiary/aromatic N) is 2. The lowest BCUT2D eigenvalue weighted by molar-refractivity contribution is 0.446. The van der Waals surface area contributed by atoms with Crippen molar-refractivity contribution in [2.75, 3.05) is 0 Å². The molecule has 0 bridgehead atoms. The fourth-order valence-electron chi connectivity index (χ4n) is 2.74. The van der Waals surface area contributed by atoms with Crippen molar-refractivity contribution in [3.8, 4) is 11.6 Å². The molecule has 4 heteroatoms. The van der Waals surface area contributed by atoms with Crippen LogP contribution in [0.4, 0.5) is 0 Å². The van der Waals surface area contributed by atoms with Crippen molar-refractivity contribution in [3.63, 3.8) is 0 Å². The van der Waals surface area contributed by atoms with Crippen LogP contribution in [0.3, 0.4) is 0 Å². The molecule has 0 radical (unpaired) electrons. The molecule has 1 aromatic heterocycles. The predicted octanol–water partition coefficient (Wildman–Crippen LogP) is 6.30. The van der Waals surface area contributed by atoms with Gasteiger partial charge in [-0.3, -0.25) is 0 Å². The Labute approximate surface area is 159 Å². The zero-order valence-electron chi connectivity index (χ0n) is 15.7. The molecular weight excluding hydrogens is 340 g/mol. The number of hydrogen-bond donors (Lipinski definition) is 0. The number of para-hydroxylation sites is 1. The molecule has 3 rings (SSSR count). The van der Waals surface area contributed by atoms with Crippen molar-refractivity contribution in [3.05, 3.63) is 77.0 Å². The zero-order chi connectivity index (χ0) is 18.5. The van der Waals surface area contributed by atoms with Crippen molar-refractivity contribution in [2.45, 2.75) is 44.5 Å². The second-order valence-electron chi connectivity index (χ2n) is 6.70. The molecule has 0 atom stereocenters. The number of ether oxygens (including phenoxy) is 1. The average molecular weight is 365 g/mol.